The monoisotopic (exact) mass is 214 g/mol. The topological polar surface area (TPSA) is 66.6 Å². The standard InChI is InChI=1S/C11H22N2O2/c1-8-4-11(5-8,7-12)10(15)13(3)6-9(2)14/h8-9,14H,4-7,12H2,1-3H3. The summed E-state index contributed by atoms with van der Waals surface area (Å²) in [6.07, 6.45) is 1.28. The molecule has 0 aromatic heterocycles. The van der Waals surface area contributed by atoms with E-state index in [0.29, 0.717) is 19.0 Å². The second-order valence-corrected chi connectivity index (χ2v) is 5.03. The zero-order chi connectivity index (χ0) is 11.6. The number of hydrogen-bond acceptors (Lipinski definition) is 3. The summed E-state index contributed by atoms with van der Waals surface area (Å²) < 4.78 is 0. The van der Waals surface area contributed by atoms with Gasteiger partial charge in [0.1, 0.15) is 0 Å². The highest BCUT2D eigenvalue weighted by Gasteiger charge is 2.48. The van der Waals surface area contributed by atoms with E-state index in [4.69, 9.17) is 5.73 Å². The fourth-order valence-corrected chi connectivity index (χ4v) is 2.59. The number of hydrogen-bond donors (Lipinski definition) is 2. The second-order valence-electron chi connectivity index (χ2n) is 5.03. The van der Waals surface area contributed by atoms with E-state index < -0.39 is 6.10 Å². The first-order chi connectivity index (χ1) is 6.91. The SMILES string of the molecule is CC(O)CN(C)C(=O)C1(CN)CC(C)C1. The lowest BCUT2D eigenvalue weighted by Gasteiger charge is -2.46. The number of nitrogens with two attached hydrogens (primary N) is 1. The van der Waals surface area contributed by atoms with Crippen LogP contribution in [0, 0.1) is 11.3 Å². The van der Waals surface area contributed by atoms with E-state index in [0.717, 1.165) is 12.8 Å². The van der Waals surface area contributed by atoms with Crippen LogP contribution in [0.2, 0.25) is 0 Å². The number of carbonyl (C=O) groups excluding carboxylic acids is 1. The molecule has 1 atom stereocenters. The van der Waals surface area contributed by atoms with E-state index in [2.05, 4.69) is 6.92 Å². The minimum Gasteiger partial charge on any atom is -0.392 e. The minimum atomic E-state index is -0.480. The second kappa shape index (κ2) is 4.49. The molecular formula is C11H22N2O2. The van der Waals surface area contributed by atoms with Crippen molar-refractivity contribution in [2.75, 3.05) is 20.1 Å². The molecule has 1 aliphatic carbocycles. The van der Waals surface area contributed by atoms with E-state index in [1.807, 2.05) is 0 Å². The first kappa shape index (κ1) is 12.5. The van der Waals surface area contributed by atoms with Gasteiger partial charge in [0, 0.05) is 20.1 Å². The van der Waals surface area contributed by atoms with Crippen molar-refractivity contribution in [2.45, 2.75) is 32.8 Å². The zero-order valence-corrected chi connectivity index (χ0v) is 9.86. The Morgan fingerprint density at radius 3 is 2.53 bits per heavy atom. The number of likely N-dealkylation sites (N-methyl/N-ethyl adjacent to an activating group) is 1. The van der Waals surface area contributed by atoms with Crippen molar-refractivity contribution in [1.29, 1.82) is 0 Å². The molecule has 88 valence electrons. The quantitative estimate of drug-likeness (QED) is 0.702. The number of aliphatic hydroxyl groups excluding tert-OH is 1. The fraction of sp³-hybridized carbons (Fsp3) is 0.909. The van der Waals surface area contributed by atoms with Crippen LogP contribution in [0.15, 0.2) is 0 Å². The zero-order valence-electron chi connectivity index (χ0n) is 9.86. The highest BCUT2D eigenvalue weighted by Crippen LogP contribution is 2.45. The minimum absolute atomic E-state index is 0.0870. The van der Waals surface area contributed by atoms with E-state index >= 15 is 0 Å². The molecule has 4 heteroatoms. The molecule has 0 heterocycles. The lowest BCUT2D eigenvalue weighted by molar-refractivity contribution is -0.149. The van der Waals surface area contributed by atoms with Crippen LogP contribution in [0.1, 0.15) is 26.7 Å². The summed E-state index contributed by atoms with van der Waals surface area (Å²) in [5.74, 6) is 0.682. The molecular weight excluding hydrogens is 192 g/mol. The molecule has 1 aliphatic rings. The molecule has 1 rings (SSSR count). The molecule has 0 aromatic carbocycles. The third-order valence-corrected chi connectivity index (χ3v) is 3.21. The van der Waals surface area contributed by atoms with Crippen molar-refractivity contribution in [2.24, 2.45) is 17.1 Å². The van der Waals surface area contributed by atoms with Gasteiger partial charge in [-0.25, -0.2) is 0 Å². The van der Waals surface area contributed by atoms with Crippen molar-refractivity contribution < 1.29 is 9.90 Å². The van der Waals surface area contributed by atoms with E-state index in [1.54, 1.807) is 18.9 Å². The van der Waals surface area contributed by atoms with Crippen LogP contribution in [-0.2, 0) is 4.79 Å². The number of nitrogens with zero attached hydrogens (tertiary/aromatic N) is 1. The van der Waals surface area contributed by atoms with Gasteiger partial charge in [0.05, 0.1) is 11.5 Å². The van der Waals surface area contributed by atoms with Crippen LogP contribution >= 0.6 is 0 Å². The third kappa shape index (κ3) is 2.49. The Labute approximate surface area is 91.4 Å². The van der Waals surface area contributed by atoms with Gasteiger partial charge in [-0.05, 0) is 25.7 Å². The number of aliphatic hydroxyl groups is 1. The Morgan fingerprint density at radius 1 is 1.67 bits per heavy atom. The first-order valence-electron chi connectivity index (χ1n) is 5.55. The van der Waals surface area contributed by atoms with Gasteiger partial charge in [-0.3, -0.25) is 4.79 Å². The molecule has 0 spiro atoms. The normalized spacial score (nSPS) is 31.9. The molecule has 1 unspecified atom stereocenters. The Bertz CT molecular complexity index is 235. The van der Waals surface area contributed by atoms with E-state index in [-0.39, 0.29) is 11.3 Å². The van der Waals surface area contributed by atoms with Crippen molar-refractivity contribution in [1.82, 2.24) is 4.90 Å². The average molecular weight is 214 g/mol. The predicted octanol–water partition coefficient (Wildman–Crippen LogP) is 0.201. The summed E-state index contributed by atoms with van der Waals surface area (Å²) in [4.78, 5) is 13.7. The largest absolute Gasteiger partial charge is 0.392 e. The van der Waals surface area contributed by atoms with E-state index in [9.17, 15) is 9.90 Å². The summed E-state index contributed by atoms with van der Waals surface area (Å²) in [7, 11) is 1.73. The summed E-state index contributed by atoms with van der Waals surface area (Å²) in [5.41, 5.74) is 5.35. The lowest BCUT2D eigenvalue weighted by Crippen LogP contribution is -2.54. The third-order valence-electron chi connectivity index (χ3n) is 3.21. The average Bonchev–Trinajstić information content (AvgIpc) is 2.10. The highest BCUT2D eigenvalue weighted by atomic mass is 16.3. The van der Waals surface area contributed by atoms with Gasteiger partial charge < -0.3 is 15.7 Å². The van der Waals surface area contributed by atoms with Gasteiger partial charge in [0.25, 0.3) is 0 Å². The molecule has 1 amide bonds. The number of carbonyl (C=O) groups is 1. The van der Waals surface area contributed by atoms with Crippen LogP contribution in [-0.4, -0.2) is 42.2 Å². The van der Waals surface area contributed by atoms with Crippen molar-refractivity contribution in [3.8, 4) is 0 Å². The molecule has 0 bridgehead atoms. The lowest BCUT2D eigenvalue weighted by atomic mass is 9.62. The first-order valence-corrected chi connectivity index (χ1v) is 5.55. The maximum atomic E-state index is 12.1. The number of amides is 1. The summed E-state index contributed by atoms with van der Waals surface area (Å²) in [6, 6.07) is 0. The van der Waals surface area contributed by atoms with Crippen LogP contribution in [0.5, 0.6) is 0 Å². The summed E-state index contributed by atoms with van der Waals surface area (Å²) in [6.45, 7) is 4.62. The smallest absolute Gasteiger partial charge is 0.229 e. The van der Waals surface area contributed by atoms with Gasteiger partial charge in [-0.1, -0.05) is 6.92 Å². The molecule has 0 radical (unpaired) electrons. The summed E-state index contributed by atoms with van der Waals surface area (Å²) in [5, 5.41) is 9.23. The molecule has 0 aromatic rings. The van der Waals surface area contributed by atoms with Crippen LogP contribution in [0.3, 0.4) is 0 Å². The van der Waals surface area contributed by atoms with Crippen molar-refractivity contribution in [3.05, 3.63) is 0 Å². The molecule has 15 heavy (non-hydrogen) atoms. The summed E-state index contributed by atoms with van der Waals surface area (Å²) >= 11 is 0. The Kier molecular flexibility index (Phi) is 3.73. The van der Waals surface area contributed by atoms with Gasteiger partial charge >= 0.3 is 0 Å². The van der Waals surface area contributed by atoms with Gasteiger partial charge in [-0.15, -0.1) is 0 Å². The molecule has 1 saturated carbocycles. The van der Waals surface area contributed by atoms with Gasteiger partial charge in [-0.2, -0.15) is 0 Å². The predicted molar refractivity (Wildman–Crippen MR) is 59.2 cm³/mol. The van der Waals surface area contributed by atoms with Crippen LogP contribution in [0.4, 0.5) is 0 Å². The molecule has 3 N–H and O–H groups in total. The maximum Gasteiger partial charge on any atom is 0.229 e. The van der Waals surface area contributed by atoms with E-state index in [1.165, 1.54) is 0 Å². The Balaban J connectivity index is 2.58. The highest BCUT2D eigenvalue weighted by molar-refractivity contribution is 5.83. The number of rotatable bonds is 4. The van der Waals surface area contributed by atoms with Gasteiger partial charge in [0.2, 0.25) is 5.91 Å². The Hall–Kier alpha value is -0.610. The maximum absolute atomic E-state index is 12.1. The van der Waals surface area contributed by atoms with Crippen molar-refractivity contribution >= 4 is 5.91 Å². The molecule has 0 saturated heterocycles. The fourth-order valence-electron chi connectivity index (χ4n) is 2.59. The van der Waals surface area contributed by atoms with Crippen LogP contribution in [0.25, 0.3) is 0 Å². The van der Waals surface area contributed by atoms with Gasteiger partial charge in [0.15, 0.2) is 0 Å². The molecule has 1 fully saturated rings. The molecule has 4 nitrogen and oxygen atoms in total. The molecule has 0 aliphatic heterocycles. The van der Waals surface area contributed by atoms with Crippen LogP contribution < -0.4 is 5.73 Å². The van der Waals surface area contributed by atoms with Crippen molar-refractivity contribution in [3.63, 3.8) is 0 Å². The Morgan fingerprint density at radius 2 is 2.20 bits per heavy atom.